The van der Waals surface area contributed by atoms with Gasteiger partial charge in [0.1, 0.15) is 11.9 Å². The van der Waals surface area contributed by atoms with Gasteiger partial charge in [-0.2, -0.15) is 0 Å². The summed E-state index contributed by atoms with van der Waals surface area (Å²) in [6.45, 7) is 2.42. The van der Waals surface area contributed by atoms with Crippen LogP contribution in [0.1, 0.15) is 18.1 Å². The first kappa shape index (κ1) is 18.8. The molecule has 1 N–H and O–H groups in total. The first-order valence-electron chi connectivity index (χ1n) is 7.45. The summed E-state index contributed by atoms with van der Waals surface area (Å²) in [6.07, 6.45) is -0.564. The van der Waals surface area contributed by atoms with Gasteiger partial charge in [0.2, 0.25) is 5.91 Å². The molecule has 1 amide bonds. The van der Waals surface area contributed by atoms with Crippen LogP contribution in [0.3, 0.4) is 0 Å². The standard InChI is InChI=1S/C18H19BrClNO3/c1-12(24-11-13-4-3-5-16(8-13)23-2)18(22)21-10-14-6-7-15(19)9-17(14)20/h3-9,12H,10-11H2,1-2H3,(H,21,22). The third kappa shape index (κ3) is 5.51. The van der Waals surface area contributed by atoms with Gasteiger partial charge in [0.15, 0.2) is 0 Å². The predicted molar refractivity (Wildman–Crippen MR) is 98.2 cm³/mol. The van der Waals surface area contributed by atoms with Crippen LogP contribution in [-0.2, 0) is 22.7 Å². The molecule has 2 aromatic carbocycles. The number of benzene rings is 2. The average molecular weight is 413 g/mol. The lowest BCUT2D eigenvalue weighted by Gasteiger charge is -2.14. The van der Waals surface area contributed by atoms with Crippen LogP contribution in [0.25, 0.3) is 0 Å². The van der Waals surface area contributed by atoms with E-state index in [9.17, 15) is 4.79 Å². The van der Waals surface area contributed by atoms with E-state index in [1.807, 2.05) is 36.4 Å². The summed E-state index contributed by atoms with van der Waals surface area (Å²) in [5, 5.41) is 3.44. The van der Waals surface area contributed by atoms with Crippen molar-refractivity contribution in [1.29, 1.82) is 0 Å². The number of amides is 1. The Bertz CT molecular complexity index is 708. The van der Waals surface area contributed by atoms with E-state index in [1.165, 1.54) is 0 Å². The Kier molecular flexibility index (Phi) is 7.09. The maximum atomic E-state index is 12.1. The number of halogens is 2. The van der Waals surface area contributed by atoms with E-state index in [4.69, 9.17) is 21.1 Å². The maximum Gasteiger partial charge on any atom is 0.249 e. The molecule has 1 unspecified atom stereocenters. The van der Waals surface area contributed by atoms with Crippen molar-refractivity contribution in [2.24, 2.45) is 0 Å². The van der Waals surface area contributed by atoms with Crippen LogP contribution >= 0.6 is 27.5 Å². The third-order valence-corrected chi connectivity index (χ3v) is 4.32. The van der Waals surface area contributed by atoms with Crippen LogP contribution in [0.4, 0.5) is 0 Å². The van der Waals surface area contributed by atoms with Gasteiger partial charge < -0.3 is 14.8 Å². The fraction of sp³-hybridized carbons (Fsp3) is 0.278. The lowest BCUT2D eigenvalue weighted by Crippen LogP contribution is -2.34. The van der Waals surface area contributed by atoms with E-state index >= 15 is 0 Å². The molecule has 0 heterocycles. The zero-order valence-electron chi connectivity index (χ0n) is 13.5. The topological polar surface area (TPSA) is 47.6 Å². The SMILES string of the molecule is COc1cccc(COC(C)C(=O)NCc2ccc(Br)cc2Cl)c1. The van der Waals surface area contributed by atoms with Crippen molar-refractivity contribution < 1.29 is 14.3 Å². The van der Waals surface area contributed by atoms with Crippen LogP contribution in [0, 0.1) is 0 Å². The minimum Gasteiger partial charge on any atom is -0.497 e. The van der Waals surface area contributed by atoms with Crippen molar-refractivity contribution in [1.82, 2.24) is 5.32 Å². The monoisotopic (exact) mass is 411 g/mol. The molecule has 0 spiro atoms. The molecule has 0 aliphatic heterocycles. The molecule has 0 saturated carbocycles. The van der Waals surface area contributed by atoms with E-state index in [0.29, 0.717) is 18.2 Å². The molecule has 128 valence electrons. The number of carbonyl (C=O) groups is 1. The highest BCUT2D eigenvalue weighted by molar-refractivity contribution is 9.10. The van der Waals surface area contributed by atoms with E-state index < -0.39 is 6.10 Å². The van der Waals surface area contributed by atoms with Crippen LogP contribution < -0.4 is 10.1 Å². The maximum absolute atomic E-state index is 12.1. The largest absolute Gasteiger partial charge is 0.497 e. The fourth-order valence-electron chi connectivity index (χ4n) is 2.05. The zero-order chi connectivity index (χ0) is 17.5. The number of carbonyl (C=O) groups excluding carboxylic acids is 1. The minimum absolute atomic E-state index is 0.183. The van der Waals surface area contributed by atoms with Gasteiger partial charge in [-0.25, -0.2) is 0 Å². The molecule has 0 fully saturated rings. The van der Waals surface area contributed by atoms with Crippen LogP contribution in [-0.4, -0.2) is 19.1 Å². The van der Waals surface area contributed by atoms with Crippen molar-refractivity contribution in [3.63, 3.8) is 0 Å². The highest BCUT2D eigenvalue weighted by atomic mass is 79.9. The summed E-state index contributed by atoms with van der Waals surface area (Å²) < 4.78 is 11.7. The Hall–Kier alpha value is -1.56. The van der Waals surface area contributed by atoms with E-state index in [-0.39, 0.29) is 5.91 Å². The first-order chi connectivity index (χ1) is 11.5. The van der Waals surface area contributed by atoms with Gasteiger partial charge in [-0.3, -0.25) is 4.79 Å². The van der Waals surface area contributed by atoms with Crippen LogP contribution in [0.2, 0.25) is 5.02 Å². The van der Waals surface area contributed by atoms with Gasteiger partial charge in [0.05, 0.1) is 13.7 Å². The molecule has 2 aromatic rings. The predicted octanol–water partition coefficient (Wildman–Crippen LogP) is 4.33. The van der Waals surface area contributed by atoms with Crippen molar-refractivity contribution in [3.05, 3.63) is 63.1 Å². The molecule has 6 heteroatoms. The lowest BCUT2D eigenvalue weighted by molar-refractivity contribution is -0.132. The van der Waals surface area contributed by atoms with Crippen molar-refractivity contribution in [2.45, 2.75) is 26.2 Å². The number of rotatable bonds is 7. The second kappa shape index (κ2) is 9.06. The molecule has 4 nitrogen and oxygen atoms in total. The van der Waals surface area contributed by atoms with E-state index in [0.717, 1.165) is 21.3 Å². The summed E-state index contributed by atoms with van der Waals surface area (Å²) in [6, 6.07) is 13.1. The Morgan fingerprint density at radius 1 is 1.29 bits per heavy atom. The number of hydrogen-bond donors (Lipinski definition) is 1. The molecule has 0 aliphatic rings. The summed E-state index contributed by atoms with van der Waals surface area (Å²) in [5.41, 5.74) is 1.80. The minimum atomic E-state index is -0.564. The first-order valence-corrected chi connectivity index (χ1v) is 8.63. The molecule has 0 aliphatic carbocycles. The van der Waals surface area contributed by atoms with E-state index in [1.54, 1.807) is 20.1 Å². The normalized spacial score (nSPS) is 11.8. The van der Waals surface area contributed by atoms with Gasteiger partial charge in [0.25, 0.3) is 0 Å². The highest BCUT2D eigenvalue weighted by Crippen LogP contribution is 2.21. The number of nitrogens with one attached hydrogen (secondary N) is 1. The molecule has 0 saturated heterocycles. The molecule has 24 heavy (non-hydrogen) atoms. The van der Waals surface area contributed by atoms with E-state index in [2.05, 4.69) is 21.2 Å². The quantitative estimate of drug-likeness (QED) is 0.736. The summed E-state index contributed by atoms with van der Waals surface area (Å²) in [7, 11) is 1.61. The smallest absolute Gasteiger partial charge is 0.249 e. The third-order valence-electron chi connectivity index (χ3n) is 3.47. The van der Waals surface area contributed by atoms with Crippen LogP contribution in [0.5, 0.6) is 5.75 Å². The molecule has 0 radical (unpaired) electrons. The second-order valence-electron chi connectivity index (χ2n) is 5.26. The Morgan fingerprint density at radius 2 is 2.08 bits per heavy atom. The average Bonchev–Trinajstić information content (AvgIpc) is 2.58. The Labute approximate surface area is 155 Å². The highest BCUT2D eigenvalue weighted by Gasteiger charge is 2.14. The Morgan fingerprint density at radius 3 is 2.79 bits per heavy atom. The Balaban J connectivity index is 1.83. The van der Waals surface area contributed by atoms with Gasteiger partial charge >= 0.3 is 0 Å². The van der Waals surface area contributed by atoms with Gasteiger partial charge in [-0.1, -0.05) is 45.7 Å². The molecular weight excluding hydrogens is 394 g/mol. The van der Waals surface area contributed by atoms with Crippen molar-refractivity contribution in [3.8, 4) is 5.75 Å². The second-order valence-corrected chi connectivity index (χ2v) is 6.58. The van der Waals surface area contributed by atoms with Gasteiger partial charge in [-0.15, -0.1) is 0 Å². The number of ether oxygens (including phenoxy) is 2. The zero-order valence-corrected chi connectivity index (χ0v) is 15.9. The van der Waals surface area contributed by atoms with Gasteiger partial charge in [0, 0.05) is 16.0 Å². The van der Waals surface area contributed by atoms with Crippen molar-refractivity contribution in [2.75, 3.05) is 7.11 Å². The summed E-state index contributed by atoms with van der Waals surface area (Å²) in [5.74, 6) is 0.579. The number of hydrogen-bond acceptors (Lipinski definition) is 3. The molecule has 2 rings (SSSR count). The molecular formula is C18H19BrClNO3. The van der Waals surface area contributed by atoms with Gasteiger partial charge in [-0.05, 0) is 42.3 Å². The molecule has 0 aromatic heterocycles. The van der Waals surface area contributed by atoms with Crippen molar-refractivity contribution >= 4 is 33.4 Å². The van der Waals surface area contributed by atoms with Crippen LogP contribution in [0.15, 0.2) is 46.9 Å². The molecule has 1 atom stereocenters. The summed E-state index contributed by atoms with van der Waals surface area (Å²) in [4.78, 5) is 12.1. The number of methoxy groups -OCH3 is 1. The summed E-state index contributed by atoms with van der Waals surface area (Å²) >= 11 is 9.49. The fourth-order valence-corrected chi connectivity index (χ4v) is 2.79. The lowest BCUT2D eigenvalue weighted by atomic mass is 10.2. The molecule has 0 bridgehead atoms.